The summed E-state index contributed by atoms with van der Waals surface area (Å²) >= 11 is 0. The Morgan fingerprint density at radius 2 is 1.88 bits per heavy atom. The van der Waals surface area contributed by atoms with Crippen LogP contribution < -0.4 is 15.4 Å². The molecule has 0 unspecified atom stereocenters. The summed E-state index contributed by atoms with van der Waals surface area (Å²) in [5.74, 6) is 1.52. The van der Waals surface area contributed by atoms with Crippen molar-refractivity contribution in [3.63, 3.8) is 0 Å². The maximum Gasteiger partial charge on any atom is 0.244 e. The van der Waals surface area contributed by atoms with Gasteiger partial charge in [-0.2, -0.15) is 10.1 Å². The van der Waals surface area contributed by atoms with Gasteiger partial charge in [-0.1, -0.05) is 18.2 Å². The molecule has 3 aromatic rings. The number of ether oxygens (including phenoxy) is 1. The van der Waals surface area contributed by atoms with Gasteiger partial charge in [0.05, 0.1) is 13.3 Å². The Kier molecular flexibility index (Phi) is 5.36. The SMILES string of the molecule is COc1ccccc1CCNc1nncc(Nc2ccc(F)cc2)n1. The zero-order valence-electron chi connectivity index (χ0n) is 13.7. The van der Waals surface area contributed by atoms with Crippen LogP contribution in [-0.4, -0.2) is 28.8 Å². The van der Waals surface area contributed by atoms with Crippen LogP contribution in [0.15, 0.2) is 54.7 Å². The number of methoxy groups -OCH3 is 1. The average molecular weight is 339 g/mol. The van der Waals surface area contributed by atoms with E-state index in [1.165, 1.54) is 18.3 Å². The van der Waals surface area contributed by atoms with Crippen LogP contribution in [0.5, 0.6) is 5.75 Å². The third-order valence-corrected chi connectivity index (χ3v) is 3.55. The highest BCUT2D eigenvalue weighted by molar-refractivity contribution is 5.55. The van der Waals surface area contributed by atoms with Crippen molar-refractivity contribution < 1.29 is 9.13 Å². The quantitative estimate of drug-likeness (QED) is 0.687. The number of para-hydroxylation sites is 1. The van der Waals surface area contributed by atoms with Gasteiger partial charge in [0, 0.05) is 12.2 Å². The van der Waals surface area contributed by atoms with E-state index >= 15 is 0 Å². The van der Waals surface area contributed by atoms with Crippen molar-refractivity contribution in [2.45, 2.75) is 6.42 Å². The Labute approximate surface area is 145 Å². The summed E-state index contributed by atoms with van der Waals surface area (Å²) in [7, 11) is 1.66. The molecule has 25 heavy (non-hydrogen) atoms. The van der Waals surface area contributed by atoms with E-state index < -0.39 is 0 Å². The average Bonchev–Trinajstić information content (AvgIpc) is 2.64. The first-order valence-electron chi connectivity index (χ1n) is 7.82. The number of nitrogens with zero attached hydrogens (tertiary/aromatic N) is 3. The van der Waals surface area contributed by atoms with E-state index in [9.17, 15) is 4.39 Å². The van der Waals surface area contributed by atoms with Crippen molar-refractivity contribution in [2.75, 3.05) is 24.3 Å². The van der Waals surface area contributed by atoms with Crippen LogP contribution in [0.3, 0.4) is 0 Å². The summed E-state index contributed by atoms with van der Waals surface area (Å²) in [5.41, 5.74) is 1.83. The lowest BCUT2D eigenvalue weighted by molar-refractivity contribution is 0.410. The van der Waals surface area contributed by atoms with Gasteiger partial charge < -0.3 is 15.4 Å². The van der Waals surface area contributed by atoms with Gasteiger partial charge in [0.25, 0.3) is 0 Å². The van der Waals surface area contributed by atoms with Crippen LogP contribution in [0.4, 0.5) is 21.8 Å². The molecule has 1 heterocycles. The van der Waals surface area contributed by atoms with Gasteiger partial charge in [0.1, 0.15) is 11.6 Å². The summed E-state index contributed by atoms with van der Waals surface area (Å²) in [5, 5.41) is 14.1. The first-order valence-corrected chi connectivity index (χ1v) is 7.82. The van der Waals surface area contributed by atoms with E-state index in [2.05, 4.69) is 25.8 Å². The van der Waals surface area contributed by atoms with Crippen LogP contribution >= 0.6 is 0 Å². The fraction of sp³-hybridized carbons (Fsp3) is 0.167. The molecule has 1 aromatic heterocycles. The van der Waals surface area contributed by atoms with Gasteiger partial charge in [0.15, 0.2) is 5.82 Å². The molecule has 0 aliphatic heterocycles. The van der Waals surface area contributed by atoms with Crippen LogP contribution in [0.2, 0.25) is 0 Å². The van der Waals surface area contributed by atoms with Crippen molar-refractivity contribution >= 4 is 17.5 Å². The van der Waals surface area contributed by atoms with E-state index in [1.54, 1.807) is 19.2 Å². The predicted molar refractivity (Wildman–Crippen MR) is 94.7 cm³/mol. The van der Waals surface area contributed by atoms with Gasteiger partial charge in [-0.25, -0.2) is 4.39 Å². The molecule has 3 rings (SSSR count). The van der Waals surface area contributed by atoms with Gasteiger partial charge in [-0.05, 0) is 42.3 Å². The van der Waals surface area contributed by atoms with Gasteiger partial charge >= 0.3 is 0 Å². The number of hydrogen-bond acceptors (Lipinski definition) is 6. The number of rotatable bonds is 7. The molecule has 7 heteroatoms. The van der Waals surface area contributed by atoms with Gasteiger partial charge in [-0.3, -0.25) is 0 Å². The molecule has 2 aromatic carbocycles. The molecule has 0 spiro atoms. The lowest BCUT2D eigenvalue weighted by Crippen LogP contribution is -2.10. The molecule has 0 amide bonds. The van der Waals surface area contributed by atoms with Crippen molar-refractivity contribution in [3.8, 4) is 5.75 Å². The minimum absolute atomic E-state index is 0.287. The number of nitrogens with one attached hydrogen (secondary N) is 2. The molecule has 0 bridgehead atoms. The number of hydrogen-bond donors (Lipinski definition) is 2. The minimum atomic E-state index is -0.287. The fourth-order valence-electron chi connectivity index (χ4n) is 2.34. The summed E-state index contributed by atoms with van der Waals surface area (Å²) < 4.78 is 18.3. The third kappa shape index (κ3) is 4.63. The molecule has 0 radical (unpaired) electrons. The highest BCUT2D eigenvalue weighted by Crippen LogP contribution is 2.18. The molecule has 2 N–H and O–H groups in total. The topological polar surface area (TPSA) is 72.0 Å². The molecule has 0 aliphatic carbocycles. The van der Waals surface area contributed by atoms with E-state index in [0.717, 1.165) is 23.4 Å². The third-order valence-electron chi connectivity index (χ3n) is 3.55. The largest absolute Gasteiger partial charge is 0.496 e. The summed E-state index contributed by atoms with van der Waals surface area (Å²) in [4.78, 5) is 4.34. The lowest BCUT2D eigenvalue weighted by Gasteiger charge is -2.09. The second-order valence-electron chi connectivity index (χ2n) is 5.29. The predicted octanol–water partition coefficient (Wildman–Crippen LogP) is 3.42. The minimum Gasteiger partial charge on any atom is -0.496 e. The Balaban J connectivity index is 1.59. The van der Waals surface area contributed by atoms with Crippen molar-refractivity contribution in [3.05, 3.63) is 66.1 Å². The van der Waals surface area contributed by atoms with E-state index in [0.29, 0.717) is 18.3 Å². The van der Waals surface area contributed by atoms with Crippen molar-refractivity contribution in [1.29, 1.82) is 0 Å². The van der Waals surface area contributed by atoms with E-state index in [4.69, 9.17) is 4.74 Å². The summed E-state index contributed by atoms with van der Waals surface area (Å²) in [6.45, 7) is 0.641. The molecule has 0 atom stereocenters. The van der Waals surface area contributed by atoms with Crippen LogP contribution in [0.25, 0.3) is 0 Å². The molecule has 0 aliphatic rings. The molecule has 0 fully saturated rings. The Morgan fingerprint density at radius 1 is 1.08 bits per heavy atom. The van der Waals surface area contributed by atoms with Gasteiger partial charge in [0.2, 0.25) is 5.95 Å². The summed E-state index contributed by atoms with van der Waals surface area (Å²) in [6, 6.07) is 13.9. The van der Waals surface area contributed by atoms with Crippen LogP contribution in [0.1, 0.15) is 5.56 Å². The Hall–Kier alpha value is -3.22. The smallest absolute Gasteiger partial charge is 0.244 e. The molecule has 0 saturated carbocycles. The van der Waals surface area contributed by atoms with Crippen LogP contribution in [0, 0.1) is 5.82 Å². The number of halogens is 1. The monoisotopic (exact) mass is 339 g/mol. The number of aromatic nitrogens is 3. The normalized spacial score (nSPS) is 10.3. The van der Waals surface area contributed by atoms with E-state index in [-0.39, 0.29) is 5.82 Å². The summed E-state index contributed by atoms with van der Waals surface area (Å²) in [6.07, 6.45) is 2.28. The van der Waals surface area contributed by atoms with Crippen molar-refractivity contribution in [2.24, 2.45) is 0 Å². The molecular formula is C18H18FN5O. The standard InChI is InChI=1S/C18H18FN5O/c1-25-16-5-3-2-4-13(16)10-11-20-18-23-17(12-21-24-18)22-15-8-6-14(19)7-9-15/h2-9,12H,10-11H2,1H3,(H2,20,22,23,24). The van der Waals surface area contributed by atoms with Crippen LogP contribution in [-0.2, 0) is 6.42 Å². The Bertz CT molecular complexity index is 826. The maximum atomic E-state index is 12.9. The molecule has 128 valence electrons. The fourth-order valence-corrected chi connectivity index (χ4v) is 2.34. The first-order chi connectivity index (χ1) is 12.2. The molecular weight excluding hydrogens is 321 g/mol. The maximum absolute atomic E-state index is 12.9. The number of anilines is 3. The highest BCUT2D eigenvalue weighted by Gasteiger charge is 2.04. The second kappa shape index (κ2) is 8.05. The lowest BCUT2D eigenvalue weighted by atomic mass is 10.1. The second-order valence-corrected chi connectivity index (χ2v) is 5.29. The molecule has 6 nitrogen and oxygen atoms in total. The first kappa shape index (κ1) is 16.6. The van der Waals surface area contributed by atoms with Gasteiger partial charge in [-0.15, -0.1) is 5.10 Å². The highest BCUT2D eigenvalue weighted by atomic mass is 19.1. The van der Waals surface area contributed by atoms with E-state index in [1.807, 2.05) is 24.3 Å². The zero-order chi connectivity index (χ0) is 17.5. The van der Waals surface area contributed by atoms with Crippen molar-refractivity contribution in [1.82, 2.24) is 15.2 Å². The number of benzene rings is 2. The zero-order valence-corrected chi connectivity index (χ0v) is 13.7. The Morgan fingerprint density at radius 3 is 2.68 bits per heavy atom. The molecule has 0 saturated heterocycles.